The van der Waals surface area contributed by atoms with Gasteiger partial charge in [-0.3, -0.25) is 9.59 Å². The molecule has 0 bridgehead atoms. The zero-order valence-electron chi connectivity index (χ0n) is 12.3. The molecule has 0 saturated carbocycles. The number of esters is 1. The largest absolute Gasteiger partial charge is 0.452 e. The third kappa shape index (κ3) is 3.73. The molecular formula is C15H18N2O4S. The summed E-state index contributed by atoms with van der Waals surface area (Å²) in [5, 5.41) is 3.06. The summed E-state index contributed by atoms with van der Waals surface area (Å²) in [6, 6.07) is 0. The Morgan fingerprint density at radius 2 is 2.14 bits per heavy atom. The van der Waals surface area contributed by atoms with E-state index >= 15 is 0 Å². The molecule has 6 nitrogen and oxygen atoms in total. The standard InChI is InChI=1S/C15H18N2O4S/c1-2-3-7-12(19)21-8-11(18)17-15-13(14(16)20)9-5-4-6-10(9)22-15/h3,7H,2,4-6,8H2,1H3,(H2,16,20)(H,17,18)/b7-3+. The van der Waals surface area contributed by atoms with Gasteiger partial charge in [0.15, 0.2) is 6.61 Å². The number of hydrogen-bond acceptors (Lipinski definition) is 5. The summed E-state index contributed by atoms with van der Waals surface area (Å²) in [6.45, 7) is 1.49. The predicted molar refractivity (Wildman–Crippen MR) is 83.9 cm³/mol. The first-order chi connectivity index (χ1) is 10.5. The number of allylic oxidation sites excluding steroid dienone is 1. The number of nitrogens with two attached hydrogens (primary N) is 1. The van der Waals surface area contributed by atoms with E-state index in [1.807, 2.05) is 6.92 Å². The zero-order valence-corrected chi connectivity index (χ0v) is 13.1. The predicted octanol–water partition coefficient (Wildman–Crippen LogP) is 1.78. The van der Waals surface area contributed by atoms with E-state index in [9.17, 15) is 14.4 Å². The van der Waals surface area contributed by atoms with Crippen molar-refractivity contribution in [2.24, 2.45) is 5.73 Å². The fourth-order valence-electron chi connectivity index (χ4n) is 2.31. The number of amides is 2. The van der Waals surface area contributed by atoms with Gasteiger partial charge in [-0.15, -0.1) is 11.3 Å². The Labute approximate surface area is 132 Å². The summed E-state index contributed by atoms with van der Waals surface area (Å²) in [5.41, 5.74) is 6.74. The van der Waals surface area contributed by atoms with Crippen molar-refractivity contribution in [2.75, 3.05) is 11.9 Å². The van der Waals surface area contributed by atoms with Gasteiger partial charge < -0.3 is 15.8 Å². The Balaban J connectivity index is 1.99. The maximum atomic E-state index is 11.8. The topological polar surface area (TPSA) is 98.5 Å². The van der Waals surface area contributed by atoms with Crippen LogP contribution in [0.3, 0.4) is 0 Å². The molecule has 0 aromatic carbocycles. The first kappa shape index (κ1) is 16.2. The molecule has 1 heterocycles. The highest BCUT2D eigenvalue weighted by molar-refractivity contribution is 7.17. The van der Waals surface area contributed by atoms with Gasteiger partial charge in [-0.05, 0) is 31.2 Å². The lowest BCUT2D eigenvalue weighted by Gasteiger charge is -2.06. The van der Waals surface area contributed by atoms with E-state index in [2.05, 4.69) is 5.32 Å². The number of rotatable bonds is 6. The van der Waals surface area contributed by atoms with Crippen LogP contribution in [0.4, 0.5) is 5.00 Å². The molecule has 3 N–H and O–H groups in total. The molecule has 2 amide bonds. The number of anilines is 1. The molecule has 1 aromatic rings. The summed E-state index contributed by atoms with van der Waals surface area (Å²) in [4.78, 5) is 35.8. The maximum absolute atomic E-state index is 11.8. The molecule has 0 unspecified atom stereocenters. The smallest absolute Gasteiger partial charge is 0.330 e. The molecule has 0 spiro atoms. The molecule has 2 rings (SSSR count). The van der Waals surface area contributed by atoms with Crippen LogP contribution in [0, 0.1) is 0 Å². The molecule has 7 heteroatoms. The fourth-order valence-corrected chi connectivity index (χ4v) is 3.63. The normalized spacial score (nSPS) is 13.1. The molecule has 1 aromatic heterocycles. The third-order valence-corrected chi connectivity index (χ3v) is 4.46. The zero-order chi connectivity index (χ0) is 16.1. The van der Waals surface area contributed by atoms with Crippen molar-refractivity contribution in [3.63, 3.8) is 0 Å². The number of primary amides is 1. The molecule has 22 heavy (non-hydrogen) atoms. The molecule has 0 radical (unpaired) electrons. The van der Waals surface area contributed by atoms with E-state index in [-0.39, 0.29) is 0 Å². The second-order valence-corrected chi connectivity index (χ2v) is 6.00. The molecule has 0 saturated heterocycles. The van der Waals surface area contributed by atoms with Crippen LogP contribution in [0.15, 0.2) is 12.2 Å². The van der Waals surface area contributed by atoms with Crippen LogP contribution in [0.25, 0.3) is 0 Å². The van der Waals surface area contributed by atoms with Crippen molar-refractivity contribution in [1.82, 2.24) is 0 Å². The first-order valence-corrected chi connectivity index (χ1v) is 7.92. The number of carbonyl (C=O) groups excluding carboxylic acids is 3. The van der Waals surface area contributed by atoms with Gasteiger partial charge in [-0.25, -0.2) is 4.79 Å². The number of thiophene rings is 1. The Bertz CT molecular complexity index is 634. The van der Waals surface area contributed by atoms with E-state index in [0.717, 1.165) is 29.7 Å². The Morgan fingerprint density at radius 3 is 2.82 bits per heavy atom. The van der Waals surface area contributed by atoms with Gasteiger partial charge in [0.1, 0.15) is 5.00 Å². The molecule has 0 atom stereocenters. The van der Waals surface area contributed by atoms with Crippen molar-refractivity contribution >= 4 is 34.1 Å². The highest BCUT2D eigenvalue weighted by Crippen LogP contribution is 2.38. The molecular weight excluding hydrogens is 304 g/mol. The molecule has 0 aliphatic heterocycles. The summed E-state index contributed by atoms with van der Waals surface area (Å²) < 4.78 is 4.81. The van der Waals surface area contributed by atoms with Gasteiger partial charge in [-0.1, -0.05) is 13.0 Å². The van der Waals surface area contributed by atoms with Gasteiger partial charge in [-0.2, -0.15) is 0 Å². The van der Waals surface area contributed by atoms with Crippen molar-refractivity contribution in [3.8, 4) is 0 Å². The monoisotopic (exact) mass is 322 g/mol. The van der Waals surface area contributed by atoms with Crippen LogP contribution in [0.2, 0.25) is 0 Å². The fraction of sp³-hybridized carbons (Fsp3) is 0.400. The molecule has 1 aliphatic rings. The molecule has 118 valence electrons. The number of hydrogen-bond donors (Lipinski definition) is 2. The summed E-state index contributed by atoms with van der Waals surface area (Å²) in [5.74, 6) is -1.60. The van der Waals surface area contributed by atoms with Crippen LogP contribution >= 0.6 is 11.3 Å². The summed E-state index contributed by atoms with van der Waals surface area (Å²) in [6.07, 6.45) is 6.34. The van der Waals surface area contributed by atoms with Gasteiger partial charge in [0.2, 0.25) is 0 Å². The first-order valence-electron chi connectivity index (χ1n) is 7.10. The van der Waals surface area contributed by atoms with Crippen LogP contribution in [-0.2, 0) is 27.2 Å². The lowest BCUT2D eigenvalue weighted by Crippen LogP contribution is -2.22. The summed E-state index contributed by atoms with van der Waals surface area (Å²) >= 11 is 1.37. The summed E-state index contributed by atoms with van der Waals surface area (Å²) in [7, 11) is 0. The van der Waals surface area contributed by atoms with Gasteiger partial charge in [0, 0.05) is 11.0 Å². The average molecular weight is 322 g/mol. The van der Waals surface area contributed by atoms with Crippen LogP contribution in [0.1, 0.15) is 40.6 Å². The quantitative estimate of drug-likeness (QED) is 0.616. The lowest BCUT2D eigenvalue weighted by molar-refractivity contribution is -0.142. The second-order valence-electron chi connectivity index (χ2n) is 4.89. The minimum absolute atomic E-state index is 0.392. The van der Waals surface area contributed by atoms with Gasteiger partial charge in [0.05, 0.1) is 5.56 Å². The van der Waals surface area contributed by atoms with Gasteiger partial charge in [0.25, 0.3) is 11.8 Å². The van der Waals surface area contributed by atoms with Crippen molar-refractivity contribution in [3.05, 3.63) is 28.2 Å². The van der Waals surface area contributed by atoms with Crippen molar-refractivity contribution in [2.45, 2.75) is 32.6 Å². The van der Waals surface area contributed by atoms with E-state index < -0.39 is 24.4 Å². The average Bonchev–Trinajstić information content (AvgIpc) is 3.02. The second kappa shape index (κ2) is 7.22. The van der Waals surface area contributed by atoms with E-state index in [0.29, 0.717) is 17.0 Å². The number of carbonyl (C=O) groups is 3. The van der Waals surface area contributed by atoms with E-state index in [4.69, 9.17) is 10.5 Å². The minimum atomic E-state index is -0.569. The Morgan fingerprint density at radius 1 is 1.36 bits per heavy atom. The highest BCUT2D eigenvalue weighted by atomic mass is 32.1. The number of ether oxygens (including phenoxy) is 1. The van der Waals surface area contributed by atoms with Crippen LogP contribution < -0.4 is 11.1 Å². The van der Waals surface area contributed by atoms with Crippen LogP contribution in [0.5, 0.6) is 0 Å². The molecule has 1 aliphatic carbocycles. The Hall–Kier alpha value is -2.15. The molecule has 0 fully saturated rings. The lowest BCUT2D eigenvalue weighted by atomic mass is 10.1. The number of fused-ring (bicyclic) bond motifs is 1. The van der Waals surface area contributed by atoms with Crippen LogP contribution in [-0.4, -0.2) is 24.4 Å². The maximum Gasteiger partial charge on any atom is 0.330 e. The van der Waals surface area contributed by atoms with Crippen molar-refractivity contribution < 1.29 is 19.1 Å². The Kier molecular flexibility index (Phi) is 5.32. The minimum Gasteiger partial charge on any atom is -0.452 e. The highest BCUT2D eigenvalue weighted by Gasteiger charge is 2.26. The number of aryl methyl sites for hydroxylation is 1. The van der Waals surface area contributed by atoms with E-state index in [1.165, 1.54) is 17.4 Å². The number of nitrogens with one attached hydrogen (secondary N) is 1. The van der Waals surface area contributed by atoms with Crippen molar-refractivity contribution in [1.29, 1.82) is 0 Å². The third-order valence-electron chi connectivity index (χ3n) is 3.26. The SMILES string of the molecule is CC/C=C/C(=O)OCC(=O)Nc1sc2c(c1C(N)=O)CCC2. The van der Waals surface area contributed by atoms with E-state index in [1.54, 1.807) is 6.08 Å². The van der Waals surface area contributed by atoms with Gasteiger partial charge >= 0.3 is 5.97 Å².